The monoisotopic (exact) mass is 194 g/mol. The van der Waals surface area contributed by atoms with Crippen molar-refractivity contribution >= 4 is 11.0 Å². The van der Waals surface area contributed by atoms with Gasteiger partial charge in [0.2, 0.25) is 0 Å². The molecule has 0 atom stereocenters. The van der Waals surface area contributed by atoms with E-state index in [2.05, 4.69) is 11.1 Å². The second kappa shape index (κ2) is 2.82. The van der Waals surface area contributed by atoms with Crippen molar-refractivity contribution in [3.63, 3.8) is 0 Å². The number of fused-ring (bicyclic) bond motifs is 3. The fourth-order valence-electron chi connectivity index (χ4n) is 1.69. The van der Waals surface area contributed by atoms with Gasteiger partial charge < -0.3 is 4.42 Å². The number of nitrogens with zero attached hydrogens (tertiary/aromatic N) is 2. The lowest BCUT2D eigenvalue weighted by molar-refractivity contribution is 0.606. The van der Waals surface area contributed by atoms with E-state index in [1.54, 1.807) is 30.8 Å². The summed E-state index contributed by atoms with van der Waals surface area (Å²) in [6, 6.07) is 7.49. The van der Waals surface area contributed by atoms with Gasteiger partial charge in [0.05, 0.1) is 11.6 Å². The van der Waals surface area contributed by atoms with Crippen molar-refractivity contribution in [3.05, 3.63) is 42.4 Å². The molecule has 70 valence electrons. The first-order valence-corrected chi connectivity index (χ1v) is 4.53. The summed E-state index contributed by atoms with van der Waals surface area (Å²) in [7, 11) is 0. The van der Waals surface area contributed by atoms with Crippen LogP contribution in [0.15, 0.2) is 41.3 Å². The predicted molar refractivity (Wildman–Crippen MR) is 55.3 cm³/mol. The Kier molecular flexibility index (Phi) is 1.51. The van der Waals surface area contributed by atoms with E-state index in [4.69, 9.17) is 9.68 Å². The zero-order valence-corrected chi connectivity index (χ0v) is 7.77. The summed E-state index contributed by atoms with van der Waals surface area (Å²) in [6.07, 6.45) is 5.21. The minimum atomic E-state index is 0.631. The van der Waals surface area contributed by atoms with E-state index in [1.807, 2.05) is 6.07 Å². The number of rotatable bonds is 0. The molecule has 0 fully saturated rings. The van der Waals surface area contributed by atoms with Crippen molar-refractivity contribution in [1.29, 1.82) is 5.26 Å². The first kappa shape index (κ1) is 8.01. The zero-order valence-electron chi connectivity index (χ0n) is 7.77. The van der Waals surface area contributed by atoms with Crippen LogP contribution in [-0.4, -0.2) is 4.98 Å². The summed E-state index contributed by atoms with van der Waals surface area (Å²) in [6.45, 7) is 0. The maximum Gasteiger partial charge on any atom is 0.134 e. The molecule has 0 bridgehead atoms. The average Bonchev–Trinajstić information content (AvgIpc) is 2.76. The molecular weight excluding hydrogens is 188 g/mol. The van der Waals surface area contributed by atoms with E-state index >= 15 is 0 Å². The fourth-order valence-corrected chi connectivity index (χ4v) is 1.69. The van der Waals surface area contributed by atoms with Crippen molar-refractivity contribution < 1.29 is 4.42 Å². The summed E-state index contributed by atoms with van der Waals surface area (Å²) in [4.78, 5) is 4.06. The Morgan fingerprint density at radius 2 is 2.20 bits per heavy atom. The van der Waals surface area contributed by atoms with Gasteiger partial charge >= 0.3 is 0 Å². The average molecular weight is 194 g/mol. The van der Waals surface area contributed by atoms with E-state index in [1.165, 1.54) is 0 Å². The van der Waals surface area contributed by atoms with E-state index in [0.29, 0.717) is 5.56 Å². The van der Waals surface area contributed by atoms with Crippen molar-refractivity contribution in [1.82, 2.24) is 4.98 Å². The van der Waals surface area contributed by atoms with Crippen LogP contribution in [0.5, 0.6) is 0 Å². The Labute approximate surface area is 85.9 Å². The molecule has 0 amide bonds. The molecule has 3 heteroatoms. The second-order valence-electron chi connectivity index (χ2n) is 3.33. The molecule has 0 spiro atoms. The molecule has 1 aromatic rings. The van der Waals surface area contributed by atoms with Gasteiger partial charge in [-0.1, -0.05) is 0 Å². The van der Waals surface area contributed by atoms with Gasteiger partial charge in [-0.05, 0) is 18.2 Å². The SMILES string of the molecule is N#Cc1ccc2occ3cncc-3c2c1. The van der Waals surface area contributed by atoms with Gasteiger partial charge in [-0.2, -0.15) is 5.26 Å². The standard InChI is InChI=1S/C12H6N2O/c13-4-8-1-2-12-10(3-8)11-6-14-5-9(11)7-15-12/h1-3,5-7H. The van der Waals surface area contributed by atoms with Gasteiger partial charge in [0.1, 0.15) is 11.8 Å². The maximum atomic E-state index is 8.82. The molecule has 3 nitrogen and oxygen atoms in total. The number of hydrogen-bond acceptors (Lipinski definition) is 3. The van der Waals surface area contributed by atoms with Crippen LogP contribution in [0.1, 0.15) is 5.56 Å². The minimum absolute atomic E-state index is 0.631. The second-order valence-corrected chi connectivity index (χ2v) is 3.33. The molecular formula is C12H6N2O. The lowest BCUT2D eigenvalue weighted by atomic mass is 10.1. The summed E-state index contributed by atoms with van der Waals surface area (Å²) in [5, 5.41) is 9.76. The van der Waals surface area contributed by atoms with Gasteiger partial charge in [0, 0.05) is 28.9 Å². The molecule has 2 aliphatic heterocycles. The third-order valence-corrected chi connectivity index (χ3v) is 2.44. The summed E-state index contributed by atoms with van der Waals surface area (Å²) in [5.41, 5.74) is 3.38. The smallest absolute Gasteiger partial charge is 0.134 e. The minimum Gasteiger partial charge on any atom is -0.464 e. The zero-order chi connectivity index (χ0) is 10.3. The van der Waals surface area contributed by atoms with Crippen molar-refractivity contribution in [2.75, 3.05) is 0 Å². The summed E-state index contributed by atoms with van der Waals surface area (Å²) in [5.74, 6) is 0. The Balaban J connectivity index is 2.48. The first-order valence-electron chi connectivity index (χ1n) is 4.53. The highest BCUT2D eigenvalue weighted by Crippen LogP contribution is 2.30. The molecule has 15 heavy (non-hydrogen) atoms. The van der Waals surface area contributed by atoms with Crippen LogP contribution in [0.2, 0.25) is 0 Å². The van der Waals surface area contributed by atoms with Crippen LogP contribution in [0.3, 0.4) is 0 Å². The molecule has 0 aliphatic carbocycles. The van der Waals surface area contributed by atoms with Gasteiger partial charge in [-0.25, -0.2) is 0 Å². The van der Waals surface area contributed by atoms with E-state index in [-0.39, 0.29) is 0 Å². The van der Waals surface area contributed by atoms with E-state index in [0.717, 1.165) is 22.1 Å². The van der Waals surface area contributed by atoms with Crippen molar-refractivity contribution in [3.8, 4) is 17.2 Å². The third kappa shape index (κ3) is 1.09. The Bertz CT molecular complexity index is 648. The van der Waals surface area contributed by atoms with E-state index < -0.39 is 0 Å². The number of hydrogen-bond donors (Lipinski definition) is 0. The molecule has 3 rings (SSSR count). The molecule has 0 radical (unpaired) electrons. The highest BCUT2D eigenvalue weighted by Gasteiger charge is 2.09. The van der Waals surface area contributed by atoms with Gasteiger partial charge in [0.15, 0.2) is 0 Å². The Morgan fingerprint density at radius 3 is 3.07 bits per heavy atom. The Morgan fingerprint density at radius 1 is 1.27 bits per heavy atom. The quantitative estimate of drug-likeness (QED) is 0.552. The van der Waals surface area contributed by atoms with Crippen LogP contribution in [0, 0.1) is 11.3 Å². The highest BCUT2D eigenvalue weighted by molar-refractivity contribution is 5.94. The molecule has 0 unspecified atom stereocenters. The lowest BCUT2D eigenvalue weighted by Crippen LogP contribution is -1.80. The van der Waals surface area contributed by atoms with E-state index in [9.17, 15) is 0 Å². The largest absolute Gasteiger partial charge is 0.464 e. The van der Waals surface area contributed by atoms with Crippen LogP contribution >= 0.6 is 0 Å². The van der Waals surface area contributed by atoms with Crippen LogP contribution < -0.4 is 0 Å². The van der Waals surface area contributed by atoms with Gasteiger partial charge in [-0.3, -0.25) is 4.98 Å². The van der Waals surface area contributed by atoms with Gasteiger partial charge in [0.25, 0.3) is 0 Å². The highest BCUT2D eigenvalue weighted by atomic mass is 16.3. The maximum absolute atomic E-state index is 8.82. The van der Waals surface area contributed by atoms with Gasteiger partial charge in [-0.15, -0.1) is 0 Å². The lowest BCUT2D eigenvalue weighted by Gasteiger charge is -2.02. The topological polar surface area (TPSA) is 49.8 Å². The van der Waals surface area contributed by atoms with Crippen LogP contribution in [-0.2, 0) is 0 Å². The summed E-state index contributed by atoms with van der Waals surface area (Å²) >= 11 is 0. The first-order chi connectivity index (χ1) is 7.38. The van der Waals surface area contributed by atoms with Crippen LogP contribution in [0.25, 0.3) is 22.1 Å². The molecule has 2 aliphatic rings. The predicted octanol–water partition coefficient (Wildman–Crippen LogP) is 2.80. The fraction of sp³-hybridized carbons (Fsp3) is 0. The number of nitriles is 1. The molecule has 0 saturated carbocycles. The summed E-state index contributed by atoms with van der Waals surface area (Å²) < 4.78 is 5.43. The molecule has 0 N–H and O–H groups in total. The van der Waals surface area contributed by atoms with Crippen LogP contribution in [0.4, 0.5) is 0 Å². The molecule has 0 aromatic heterocycles. The normalized spacial score (nSPS) is 10.6. The Hall–Kier alpha value is -2.34. The third-order valence-electron chi connectivity index (χ3n) is 2.44. The molecule has 0 saturated heterocycles. The molecule has 1 aromatic carbocycles. The number of aromatic nitrogens is 1. The van der Waals surface area contributed by atoms with Crippen molar-refractivity contribution in [2.24, 2.45) is 0 Å². The van der Waals surface area contributed by atoms with Crippen molar-refractivity contribution in [2.45, 2.75) is 0 Å². The molecule has 2 heterocycles. The number of benzene rings is 1.